The monoisotopic (exact) mass is 474 g/mol. The molecule has 4 aromatic rings. The fraction of sp³-hybridized carbons (Fsp3) is 0.115. The first-order valence-corrected chi connectivity index (χ1v) is 11.1. The third-order valence-corrected chi connectivity index (χ3v) is 6.08. The van der Waals surface area contributed by atoms with Gasteiger partial charge in [0.25, 0.3) is 5.89 Å². The highest BCUT2D eigenvalue weighted by Crippen LogP contribution is 2.37. The summed E-state index contributed by atoms with van der Waals surface area (Å²) in [6.45, 7) is 2.39. The van der Waals surface area contributed by atoms with Gasteiger partial charge in [-0.25, -0.2) is 8.78 Å². The summed E-state index contributed by atoms with van der Waals surface area (Å²) >= 11 is 5.71. The van der Waals surface area contributed by atoms with Gasteiger partial charge in [-0.05, 0) is 66.7 Å². The van der Waals surface area contributed by atoms with Gasteiger partial charge in [-0.1, -0.05) is 47.6 Å². The number of benzene rings is 3. The van der Waals surface area contributed by atoms with Crippen molar-refractivity contribution < 1.29 is 13.3 Å². The van der Waals surface area contributed by atoms with Gasteiger partial charge in [0, 0.05) is 17.8 Å². The summed E-state index contributed by atoms with van der Waals surface area (Å²) in [7, 11) is 0. The van der Waals surface area contributed by atoms with Gasteiger partial charge >= 0.3 is 0 Å². The number of nitrogens with zero attached hydrogens (tertiary/aromatic N) is 3. The number of allylic oxidation sites excluding steroid dienone is 1. The molecule has 1 aliphatic rings. The van der Waals surface area contributed by atoms with Crippen LogP contribution in [0.5, 0.6) is 0 Å². The van der Waals surface area contributed by atoms with Crippen molar-refractivity contribution >= 4 is 22.9 Å². The van der Waals surface area contributed by atoms with Crippen LogP contribution in [0.1, 0.15) is 30.0 Å². The zero-order chi connectivity index (χ0) is 23.7. The van der Waals surface area contributed by atoms with Crippen LogP contribution >= 0.6 is 12.2 Å². The Hall–Kier alpha value is -3.91. The van der Waals surface area contributed by atoms with E-state index < -0.39 is 0 Å². The van der Waals surface area contributed by atoms with E-state index in [1.807, 2.05) is 42.2 Å². The molecule has 0 saturated heterocycles. The molecular weight excluding hydrogens is 454 g/mol. The molecule has 1 N–H and O–H groups in total. The summed E-state index contributed by atoms with van der Waals surface area (Å²) in [5.41, 5.74) is 4.16. The Morgan fingerprint density at radius 1 is 0.941 bits per heavy atom. The quantitative estimate of drug-likeness (QED) is 0.365. The van der Waals surface area contributed by atoms with Crippen LogP contribution in [0.3, 0.4) is 0 Å². The largest absolute Gasteiger partial charge is 0.351 e. The molecule has 1 unspecified atom stereocenters. The van der Waals surface area contributed by atoms with Crippen molar-refractivity contribution in [2.75, 3.05) is 0 Å². The smallest absolute Gasteiger partial charge is 0.258 e. The zero-order valence-electron chi connectivity index (χ0n) is 18.2. The number of nitrogens with one attached hydrogen (secondary N) is 1. The summed E-state index contributed by atoms with van der Waals surface area (Å²) < 4.78 is 32.4. The Labute approximate surface area is 200 Å². The van der Waals surface area contributed by atoms with E-state index in [-0.39, 0.29) is 17.7 Å². The summed E-state index contributed by atoms with van der Waals surface area (Å²) in [6.07, 6.45) is 0. The molecule has 0 saturated carbocycles. The predicted octanol–water partition coefficient (Wildman–Crippen LogP) is 5.88. The van der Waals surface area contributed by atoms with Gasteiger partial charge in [0.1, 0.15) is 11.6 Å². The van der Waals surface area contributed by atoms with Crippen molar-refractivity contribution in [1.82, 2.24) is 20.4 Å². The third kappa shape index (κ3) is 4.32. The molecule has 5 rings (SSSR count). The number of thiocarbonyl (C=S) groups is 1. The van der Waals surface area contributed by atoms with E-state index in [9.17, 15) is 8.78 Å². The van der Waals surface area contributed by atoms with Crippen molar-refractivity contribution in [2.45, 2.75) is 19.5 Å². The molecule has 170 valence electrons. The first-order valence-electron chi connectivity index (χ1n) is 10.7. The lowest BCUT2D eigenvalue weighted by atomic mass is 9.94. The second kappa shape index (κ2) is 9.15. The molecular formula is C26H20F2N4OS. The molecule has 34 heavy (non-hydrogen) atoms. The highest BCUT2D eigenvalue weighted by molar-refractivity contribution is 7.80. The van der Waals surface area contributed by atoms with E-state index in [1.165, 1.54) is 24.3 Å². The molecule has 1 atom stereocenters. The van der Waals surface area contributed by atoms with Crippen molar-refractivity contribution in [3.8, 4) is 11.4 Å². The lowest BCUT2D eigenvalue weighted by Gasteiger charge is -2.37. The van der Waals surface area contributed by atoms with Gasteiger partial charge in [0.2, 0.25) is 5.82 Å². The molecule has 5 nitrogen and oxygen atoms in total. The Morgan fingerprint density at radius 2 is 1.59 bits per heavy atom. The van der Waals surface area contributed by atoms with E-state index >= 15 is 0 Å². The van der Waals surface area contributed by atoms with Crippen molar-refractivity contribution in [2.24, 2.45) is 0 Å². The number of halogens is 2. The van der Waals surface area contributed by atoms with Gasteiger partial charge in [-0.3, -0.25) is 0 Å². The second-order valence-corrected chi connectivity index (χ2v) is 8.32. The maximum absolute atomic E-state index is 13.4. The minimum Gasteiger partial charge on any atom is -0.351 e. The van der Waals surface area contributed by atoms with Crippen LogP contribution in [0.2, 0.25) is 0 Å². The molecule has 3 aromatic carbocycles. The Kier molecular flexibility index (Phi) is 5.90. The van der Waals surface area contributed by atoms with Gasteiger partial charge in [-0.2, -0.15) is 4.98 Å². The molecule has 1 aliphatic heterocycles. The number of aromatic nitrogens is 2. The topological polar surface area (TPSA) is 54.2 Å². The average molecular weight is 475 g/mol. The standard InChI is InChI=1S/C26H20F2N4OS/c1-16-22(25-30-24(31-33-25)19-9-13-21(28)14-10-19)23(18-5-3-2-4-6-18)29-26(34)32(16)15-17-7-11-20(27)12-8-17/h2-14,23H,15H2,1H3,(H,29,34). The van der Waals surface area contributed by atoms with Crippen LogP contribution < -0.4 is 5.32 Å². The maximum Gasteiger partial charge on any atom is 0.258 e. The van der Waals surface area contributed by atoms with Gasteiger partial charge in [0.05, 0.1) is 11.6 Å². The predicted molar refractivity (Wildman–Crippen MR) is 129 cm³/mol. The van der Waals surface area contributed by atoms with E-state index in [4.69, 9.17) is 16.7 Å². The van der Waals surface area contributed by atoms with Crippen molar-refractivity contribution in [3.63, 3.8) is 0 Å². The number of hydrogen-bond donors (Lipinski definition) is 1. The lowest BCUT2D eigenvalue weighted by Crippen LogP contribution is -2.45. The Balaban J connectivity index is 1.58. The molecule has 0 radical (unpaired) electrons. The minimum atomic E-state index is -0.336. The molecule has 0 amide bonds. The second-order valence-electron chi connectivity index (χ2n) is 7.93. The van der Waals surface area contributed by atoms with Crippen molar-refractivity contribution in [3.05, 3.63) is 113 Å². The summed E-state index contributed by atoms with van der Waals surface area (Å²) in [4.78, 5) is 6.55. The summed E-state index contributed by atoms with van der Waals surface area (Å²) in [6, 6.07) is 21.8. The first kappa shape index (κ1) is 21.9. The fourth-order valence-electron chi connectivity index (χ4n) is 3.97. The zero-order valence-corrected chi connectivity index (χ0v) is 19.0. The van der Waals surface area contributed by atoms with Crippen LogP contribution in [-0.2, 0) is 6.54 Å². The summed E-state index contributed by atoms with van der Waals surface area (Å²) in [5.74, 6) is 0.0705. The molecule has 0 bridgehead atoms. The Bertz CT molecular complexity index is 1350. The van der Waals surface area contributed by atoms with E-state index in [0.29, 0.717) is 28.9 Å². The molecule has 0 aliphatic carbocycles. The van der Waals surface area contributed by atoms with Crippen molar-refractivity contribution in [1.29, 1.82) is 0 Å². The highest BCUT2D eigenvalue weighted by Gasteiger charge is 2.34. The van der Waals surface area contributed by atoms with Crippen LogP contribution in [0.15, 0.2) is 89.1 Å². The van der Waals surface area contributed by atoms with Gasteiger partial charge in [0.15, 0.2) is 5.11 Å². The first-order chi connectivity index (χ1) is 16.5. The average Bonchev–Trinajstić information content (AvgIpc) is 3.33. The fourth-order valence-corrected chi connectivity index (χ4v) is 4.29. The third-order valence-electron chi connectivity index (χ3n) is 5.74. The molecule has 0 spiro atoms. The van der Waals surface area contributed by atoms with Crippen LogP contribution in [0, 0.1) is 11.6 Å². The van der Waals surface area contributed by atoms with Crippen LogP contribution in [0.4, 0.5) is 8.78 Å². The highest BCUT2D eigenvalue weighted by atomic mass is 32.1. The van der Waals surface area contributed by atoms with Crippen LogP contribution in [0.25, 0.3) is 17.0 Å². The molecule has 8 heteroatoms. The molecule has 0 fully saturated rings. The Morgan fingerprint density at radius 3 is 2.26 bits per heavy atom. The van der Waals surface area contributed by atoms with E-state index in [2.05, 4.69) is 15.5 Å². The van der Waals surface area contributed by atoms with E-state index in [0.717, 1.165) is 22.4 Å². The number of rotatable bonds is 5. The molecule has 1 aromatic heterocycles. The minimum absolute atomic E-state index is 0.292. The normalized spacial score (nSPS) is 16.0. The maximum atomic E-state index is 13.4. The van der Waals surface area contributed by atoms with E-state index in [1.54, 1.807) is 24.3 Å². The van der Waals surface area contributed by atoms with Gasteiger partial charge < -0.3 is 14.7 Å². The lowest BCUT2D eigenvalue weighted by molar-refractivity contribution is 0.396. The van der Waals surface area contributed by atoms with Gasteiger partial charge in [-0.15, -0.1) is 0 Å². The SMILES string of the molecule is CC1=C(c2nc(-c3ccc(F)cc3)no2)C(c2ccccc2)NC(=S)N1Cc1ccc(F)cc1. The summed E-state index contributed by atoms with van der Waals surface area (Å²) in [5, 5.41) is 8.07. The molecule has 2 heterocycles. The number of hydrogen-bond acceptors (Lipinski definition) is 4. The van der Waals surface area contributed by atoms with Crippen LogP contribution in [-0.4, -0.2) is 20.2 Å².